The fraction of sp³-hybridized carbons (Fsp3) is 0.667. The van der Waals surface area contributed by atoms with E-state index in [0.717, 1.165) is 36.9 Å². The van der Waals surface area contributed by atoms with E-state index in [4.69, 9.17) is 4.74 Å². The van der Waals surface area contributed by atoms with Gasteiger partial charge in [0.25, 0.3) is 5.56 Å². The van der Waals surface area contributed by atoms with Gasteiger partial charge in [-0.3, -0.25) is 4.79 Å². The van der Waals surface area contributed by atoms with Gasteiger partial charge in [-0.05, 0) is 36.8 Å². The van der Waals surface area contributed by atoms with Crippen LogP contribution in [0.15, 0.2) is 10.9 Å². The van der Waals surface area contributed by atoms with Crippen molar-refractivity contribution in [1.29, 1.82) is 0 Å². The number of rotatable bonds is 1. The highest BCUT2D eigenvalue weighted by Gasteiger charge is 2.18. The molecule has 0 aliphatic heterocycles. The fourth-order valence-electron chi connectivity index (χ4n) is 3.30. The van der Waals surface area contributed by atoms with Crippen LogP contribution in [0.5, 0.6) is 0 Å². The van der Waals surface area contributed by atoms with Gasteiger partial charge in [-0.2, -0.15) is 0 Å². The highest BCUT2D eigenvalue weighted by atomic mass is 16.5. The molecule has 0 amide bonds. The van der Waals surface area contributed by atoms with Crippen LogP contribution in [-0.4, -0.2) is 18.1 Å². The van der Waals surface area contributed by atoms with E-state index in [-0.39, 0.29) is 11.1 Å². The van der Waals surface area contributed by atoms with Crippen LogP contribution in [0, 0.1) is 5.92 Å². The molecule has 0 saturated heterocycles. The number of hydrogen-bond acceptors (Lipinski definition) is 3. The molecule has 1 atom stereocenters. The van der Waals surface area contributed by atoms with Crippen molar-refractivity contribution in [3.05, 3.63) is 33.2 Å². The van der Waals surface area contributed by atoms with Gasteiger partial charge in [0.2, 0.25) is 0 Å². The zero-order valence-electron chi connectivity index (χ0n) is 13.7. The Hall–Kier alpha value is -1.58. The van der Waals surface area contributed by atoms with Gasteiger partial charge in [0, 0.05) is 5.69 Å². The first kappa shape index (κ1) is 16.8. The van der Waals surface area contributed by atoms with Crippen LogP contribution in [0.25, 0.3) is 0 Å². The predicted molar refractivity (Wildman–Crippen MR) is 87.3 cm³/mol. The summed E-state index contributed by atoms with van der Waals surface area (Å²) in [5, 5.41) is 0. The number of aryl methyl sites for hydroxylation is 1. The lowest BCUT2D eigenvalue weighted by Gasteiger charge is -2.13. The third-order valence-electron chi connectivity index (χ3n) is 4.52. The molecule has 2 rings (SSSR count). The third-order valence-corrected chi connectivity index (χ3v) is 4.52. The van der Waals surface area contributed by atoms with Crippen molar-refractivity contribution in [2.75, 3.05) is 7.11 Å². The number of carbonyl (C=O) groups is 1. The number of methoxy groups -OCH3 is 1. The first-order valence-electron chi connectivity index (χ1n) is 8.45. The second-order valence-electron chi connectivity index (χ2n) is 6.48. The Morgan fingerprint density at radius 1 is 1.18 bits per heavy atom. The number of hydrogen-bond donors (Lipinski definition) is 1. The Morgan fingerprint density at radius 3 is 2.59 bits per heavy atom. The molecule has 22 heavy (non-hydrogen) atoms. The Morgan fingerprint density at radius 2 is 1.86 bits per heavy atom. The minimum atomic E-state index is -0.528. The largest absolute Gasteiger partial charge is 0.465 e. The van der Waals surface area contributed by atoms with Gasteiger partial charge in [-0.15, -0.1) is 0 Å². The van der Waals surface area contributed by atoms with Crippen LogP contribution in [-0.2, 0) is 17.6 Å². The van der Waals surface area contributed by atoms with Crippen molar-refractivity contribution in [2.24, 2.45) is 5.92 Å². The molecule has 0 spiro atoms. The number of H-pyrrole nitrogens is 1. The molecule has 0 radical (unpaired) electrons. The molecule has 1 aliphatic carbocycles. The van der Waals surface area contributed by atoms with Crippen LogP contribution in [0.3, 0.4) is 0 Å². The van der Waals surface area contributed by atoms with Gasteiger partial charge in [0.15, 0.2) is 0 Å². The molecule has 4 nitrogen and oxygen atoms in total. The molecule has 1 aromatic heterocycles. The minimum Gasteiger partial charge on any atom is -0.465 e. The van der Waals surface area contributed by atoms with Crippen molar-refractivity contribution < 1.29 is 9.53 Å². The van der Waals surface area contributed by atoms with Crippen LogP contribution in [0.4, 0.5) is 0 Å². The van der Waals surface area contributed by atoms with Gasteiger partial charge in [0.1, 0.15) is 5.56 Å². The molecule has 0 saturated carbocycles. The first-order valence-corrected chi connectivity index (χ1v) is 8.45. The molecule has 2 bridgehead atoms. The van der Waals surface area contributed by atoms with Gasteiger partial charge in [-0.1, -0.05) is 45.4 Å². The van der Waals surface area contributed by atoms with E-state index in [2.05, 4.69) is 11.9 Å². The summed E-state index contributed by atoms with van der Waals surface area (Å²) >= 11 is 0. The molecule has 1 unspecified atom stereocenters. The molecular weight excluding hydrogens is 278 g/mol. The summed E-state index contributed by atoms with van der Waals surface area (Å²) in [5.74, 6) is 0.0217. The number of nitrogens with one attached hydrogen (secondary N) is 1. The van der Waals surface area contributed by atoms with E-state index in [1.165, 1.54) is 39.2 Å². The van der Waals surface area contributed by atoms with E-state index in [0.29, 0.717) is 5.92 Å². The minimum absolute atomic E-state index is 0.189. The second-order valence-corrected chi connectivity index (χ2v) is 6.48. The van der Waals surface area contributed by atoms with Crippen molar-refractivity contribution in [2.45, 2.75) is 64.7 Å². The maximum atomic E-state index is 12.3. The molecule has 1 aliphatic rings. The van der Waals surface area contributed by atoms with E-state index in [9.17, 15) is 9.59 Å². The SMILES string of the molecule is COC(=O)c1c2cc([nH]c1=O)CC(C)CCCCCCCC2. The van der Waals surface area contributed by atoms with Crippen molar-refractivity contribution in [3.8, 4) is 0 Å². The summed E-state index contributed by atoms with van der Waals surface area (Å²) in [6, 6.07) is 2.00. The number of carbonyl (C=O) groups excluding carboxylic acids is 1. The number of pyridine rings is 1. The smallest absolute Gasteiger partial charge is 0.343 e. The lowest BCUT2D eigenvalue weighted by Crippen LogP contribution is -2.23. The molecule has 1 heterocycles. The topological polar surface area (TPSA) is 59.2 Å². The molecule has 4 heteroatoms. The fourth-order valence-corrected chi connectivity index (χ4v) is 3.30. The normalized spacial score (nSPS) is 20.4. The lowest BCUT2D eigenvalue weighted by atomic mass is 9.96. The highest BCUT2D eigenvalue weighted by Crippen LogP contribution is 2.19. The van der Waals surface area contributed by atoms with Crippen molar-refractivity contribution in [1.82, 2.24) is 4.98 Å². The van der Waals surface area contributed by atoms with Crippen LogP contribution >= 0.6 is 0 Å². The predicted octanol–water partition coefficient (Wildman–Crippen LogP) is 3.63. The van der Waals surface area contributed by atoms with E-state index >= 15 is 0 Å². The first-order chi connectivity index (χ1) is 10.6. The second kappa shape index (κ2) is 8.16. The molecule has 0 aromatic carbocycles. The summed E-state index contributed by atoms with van der Waals surface area (Å²) in [7, 11) is 1.32. The number of esters is 1. The maximum Gasteiger partial charge on any atom is 0.343 e. The van der Waals surface area contributed by atoms with Crippen molar-refractivity contribution >= 4 is 5.97 Å². The van der Waals surface area contributed by atoms with Crippen LogP contribution in [0.1, 0.15) is 73.5 Å². The van der Waals surface area contributed by atoms with Crippen molar-refractivity contribution in [3.63, 3.8) is 0 Å². The van der Waals surface area contributed by atoms with Gasteiger partial charge < -0.3 is 9.72 Å². The summed E-state index contributed by atoms with van der Waals surface area (Å²) in [6.45, 7) is 2.23. The Bertz CT molecular complexity index is 562. The standard InChI is InChI=1S/C18H27NO3/c1-13-9-7-5-3-4-6-8-10-14-12-15(11-13)19-17(20)16(14)18(21)22-2/h12-13H,3-11H2,1-2H3,(H,19,20). The molecule has 1 N–H and O–H groups in total. The highest BCUT2D eigenvalue weighted by molar-refractivity contribution is 5.90. The van der Waals surface area contributed by atoms with Gasteiger partial charge in [-0.25, -0.2) is 4.79 Å². The monoisotopic (exact) mass is 305 g/mol. The number of aromatic nitrogens is 1. The van der Waals surface area contributed by atoms with Gasteiger partial charge >= 0.3 is 5.97 Å². The summed E-state index contributed by atoms with van der Waals surface area (Å²) in [4.78, 5) is 27.1. The summed E-state index contributed by atoms with van der Waals surface area (Å²) < 4.78 is 4.78. The molecule has 0 fully saturated rings. The number of aromatic amines is 1. The third kappa shape index (κ3) is 4.46. The zero-order chi connectivity index (χ0) is 15.9. The Kier molecular flexibility index (Phi) is 6.22. The quantitative estimate of drug-likeness (QED) is 0.806. The van der Waals surface area contributed by atoms with Crippen LogP contribution < -0.4 is 5.56 Å². The number of ether oxygens (including phenoxy) is 1. The van der Waals surface area contributed by atoms with Gasteiger partial charge in [0.05, 0.1) is 7.11 Å². The average molecular weight is 305 g/mol. The summed E-state index contributed by atoms with van der Waals surface area (Å²) in [6.07, 6.45) is 10.1. The van der Waals surface area contributed by atoms with E-state index in [1.807, 2.05) is 6.07 Å². The lowest BCUT2D eigenvalue weighted by molar-refractivity contribution is 0.0597. The number of fused-ring (bicyclic) bond motifs is 2. The maximum absolute atomic E-state index is 12.3. The molecular formula is C18H27NO3. The average Bonchev–Trinajstić information content (AvgIpc) is 2.49. The molecule has 122 valence electrons. The van der Waals surface area contributed by atoms with E-state index < -0.39 is 5.97 Å². The Balaban J connectivity index is 2.33. The van der Waals surface area contributed by atoms with Crippen LogP contribution in [0.2, 0.25) is 0 Å². The van der Waals surface area contributed by atoms with E-state index in [1.54, 1.807) is 0 Å². The zero-order valence-corrected chi connectivity index (χ0v) is 13.7. The summed E-state index contributed by atoms with van der Waals surface area (Å²) in [5.41, 5.74) is 1.67. The molecule has 1 aromatic rings. The Labute approximate surface area is 132 Å².